The van der Waals surface area contributed by atoms with E-state index in [4.69, 9.17) is 9.72 Å². The molecular weight excluding hydrogens is 262 g/mol. The minimum absolute atomic E-state index is 0.155. The summed E-state index contributed by atoms with van der Waals surface area (Å²) in [5.41, 5.74) is 2.40. The van der Waals surface area contributed by atoms with Crippen molar-refractivity contribution in [2.45, 2.75) is 45.1 Å². The van der Waals surface area contributed by atoms with Crippen molar-refractivity contribution < 1.29 is 4.74 Å². The number of fused-ring (bicyclic) bond motifs is 1. The number of aromatic nitrogens is 2. The molecule has 114 valence electrons. The second-order valence-electron chi connectivity index (χ2n) is 6.56. The molecule has 2 aromatic rings. The van der Waals surface area contributed by atoms with Gasteiger partial charge in [-0.3, -0.25) is 0 Å². The molecule has 0 radical (unpaired) electrons. The molecule has 0 unspecified atom stereocenters. The summed E-state index contributed by atoms with van der Waals surface area (Å²) in [5.74, 6) is 2.10. The molecule has 1 N–H and O–H groups in total. The largest absolute Gasteiger partial charge is 0.497 e. The lowest BCUT2D eigenvalue weighted by molar-refractivity contribution is 0.305. The van der Waals surface area contributed by atoms with E-state index in [0.29, 0.717) is 6.04 Å². The maximum atomic E-state index is 5.34. The SMILES string of the molecule is COc1ccc2c(c1)nc(C1(C)CCNCC1)n2C(C)C. The second kappa shape index (κ2) is 5.34. The average Bonchev–Trinajstić information content (AvgIpc) is 2.87. The normalized spacial score (nSPS) is 18.3. The number of rotatable bonds is 3. The van der Waals surface area contributed by atoms with E-state index < -0.39 is 0 Å². The lowest BCUT2D eigenvalue weighted by Crippen LogP contribution is -2.39. The van der Waals surface area contributed by atoms with Crippen LogP contribution in [0.3, 0.4) is 0 Å². The number of nitrogens with one attached hydrogen (secondary N) is 1. The number of hydrogen-bond acceptors (Lipinski definition) is 3. The van der Waals surface area contributed by atoms with Gasteiger partial charge in [-0.1, -0.05) is 6.92 Å². The number of nitrogens with zero attached hydrogens (tertiary/aromatic N) is 2. The third-order valence-corrected chi connectivity index (χ3v) is 4.66. The van der Waals surface area contributed by atoms with E-state index in [1.807, 2.05) is 12.1 Å². The molecule has 3 rings (SSSR count). The maximum Gasteiger partial charge on any atom is 0.121 e. The van der Waals surface area contributed by atoms with Crippen molar-refractivity contribution in [2.24, 2.45) is 0 Å². The monoisotopic (exact) mass is 287 g/mol. The summed E-state index contributed by atoms with van der Waals surface area (Å²) in [6.07, 6.45) is 2.28. The Morgan fingerprint density at radius 3 is 2.62 bits per heavy atom. The van der Waals surface area contributed by atoms with Crippen molar-refractivity contribution in [2.75, 3.05) is 20.2 Å². The number of hydrogen-bond donors (Lipinski definition) is 1. The predicted molar refractivity (Wildman–Crippen MR) is 86.1 cm³/mol. The predicted octanol–water partition coefficient (Wildman–Crippen LogP) is 3.27. The zero-order chi connectivity index (χ0) is 15.0. The van der Waals surface area contributed by atoms with Gasteiger partial charge in [0.1, 0.15) is 11.6 Å². The Hall–Kier alpha value is -1.55. The van der Waals surface area contributed by atoms with Crippen LogP contribution in [0.2, 0.25) is 0 Å². The van der Waals surface area contributed by atoms with Gasteiger partial charge in [-0.15, -0.1) is 0 Å². The fraction of sp³-hybridized carbons (Fsp3) is 0.588. The summed E-state index contributed by atoms with van der Waals surface area (Å²) in [5, 5.41) is 3.45. The van der Waals surface area contributed by atoms with E-state index >= 15 is 0 Å². The summed E-state index contributed by atoms with van der Waals surface area (Å²) < 4.78 is 7.75. The van der Waals surface area contributed by atoms with Gasteiger partial charge in [0, 0.05) is 17.5 Å². The highest BCUT2D eigenvalue weighted by Crippen LogP contribution is 2.36. The molecule has 4 nitrogen and oxygen atoms in total. The van der Waals surface area contributed by atoms with Gasteiger partial charge in [0.2, 0.25) is 0 Å². The summed E-state index contributed by atoms with van der Waals surface area (Å²) in [6.45, 7) is 8.96. The molecular formula is C17H25N3O. The van der Waals surface area contributed by atoms with Crippen LogP contribution in [0.1, 0.15) is 45.5 Å². The van der Waals surface area contributed by atoms with Crippen molar-refractivity contribution >= 4 is 11.0 Å². The van der Waals surface area contributed by atoms with Gasteiger partial charge in [-0.05, 0) is 51.9 Å². The van der Waals surface area contributed by atoms with Gasteiger partial charge in [-0.2, -0.15) is 0 Å². The lowest BCUT2D eigenvalue weighted by Gasteiger charge is -2.34. The van der Waals surface area contributed by atoms with E-state index in [2.05, 4.69) is 36.7 Å². The van der Waals surface area contributed by atoms with Crippen LogP contribution in [0.4, 0.5) is 0 Å². The van der Waals surface area contributed by atoms with E-state index in [0.717, 1.165) is 37.2 Å². The molecule has 0 saturated carbocycles. The minimum atomic E-state index is 0.155. The van der Waals surface area contributed by atoms with Gasteiger partial charge in [0.05, 0.1) is 18.1 Å². The van der Waals surface area contributed by atoms with Crippen molar-refractivity contribution in [3.63, 3.8) is 0 Å². The van der Waals surface area contributed by atoms with Crippen LogP contribution < -0.4 is 10.1 Å². The Morgan fingerprint density at radius 2 is 2.00 bits per heavy atom. The van der Waals surface area contributed by atoms with Crippen molar-refractivity contribution in [1.29, 1.82) is 0 Å². The molecule has 0 aliphatic carbocycles. The first-order valence-electron chi connectivity index (χ1n) is 7.82. The molecule has 4 heteroatoms. The molecule has 1 fully saturated rings. The van der Waals surface area contributed by atoms with Gasteiger partial charge < -0.3 is 14.6 Å². The Kier molecular flexibility index (Phi) is 3.66. The first-order valence-corrected chi connectivity index (χ1v) is 7.82. The molecule has 1 aliphatic rings. The van der Waals surface area contributed by atoms with E-state index in [1.54, 1.807) is 7.11 Å². The molecule has 0 spiro atoms. The Morgan fingerprint density at radius 1 is 1.29 bits per heavy atom. The average molecular weight is 287 g/mol. The van der Waals surface area contributed by atoms with Gasteiger partial charge in [0.25, 0.3) is 0 Å². The summed E-state index contributed by atoms with van der Waals surface area (Å²) in [7, 11) is 1.70. The molecule has 2 heterocycles. The highest BCUT2D eigenvalue weighted by atomic mass is 16.5. The molecule has 0 amide bonds. The topological polar surface area (TPSA) is 39.1 Å². The van der Waals surface area contributed by atoms with E-state index in [1.165, 1.54) is 11.3 Å². The first kappa shape index (κ1) is 14.4. The van der Waals surface area contributed by atoms with Crippen LogP contribution in [0.25, 0.3) is 11.0 Å². The fourth-order valence-corrected chi connectivity index (χ4v) is 3.36. The number of ether oxygens (including phenoxy) is 1. The molecule has 1 aromatic carbocycles. The Balaban J connectivity index is 2.18. The molecule has 0 bridgehead atoms. The Bertz CT molecular complexity index is 639. The van der Waals surface area contributed by atoms with Crippen LogP contribution in [-0.4, -0.2) is 29.8 Å². The van der Waals surface area contributed by atoms with Crippen molar-refractivity contribution in [3.05, 3.63) is 24.0 Å². The van der Waals surface area contributed by atoms with Crippen LogP contribution in [0.15, 0.2) is 18.2 Å². The van der Waals surface area contributed by atoms with Gasteiger partial charge >= 0.3 is 0 Å². The fourth-order valence-electron chi connectivity index (χ4n) is 3.36. The molecule has 21 heavy (non-hydrogen) atoms. The number of benzene rings is 1. The first-order chi connectivity index (χ1) is 10.0. The number of imidazole rings is 1. The second-order valence-corrected chi connectivity index (χ2v) is 6.56. The van der Waals surface area contributed by atoms with Gasteiger partial charge in [0.15, 0.2) is 0 Å². The Labute approximate surface area is 126 Å². The zero-order valence-electron chi connectivity index (χ0n) is 13.4. The third kappa shape index (κ3) is 2.42. The standard InChI is InChI=1S/C17H25N3O/c1-12(2)20-15-6-5-13(21-4)11-14(15)19-16(20)17(3)7-9-18-10-8-17/h5-6,11-12,18H,7-10H2,1-4H3. The third-order valence-electron chi connectivity index (χ3n) is 4.66. The van der Waals surface area contributed by atoms with Gasteiger partial charge in [-0.25, -0.2) is 4.98 Å². The smallest absolute Gasteiger partial charge is 0.121 e. The highest BCUT2D eigenvalue weighted by Gasteiger charge is 2.34. The molecule has 1 aromatic heterocycles. The maximum absolute atomic E-state index is 5.34. The van der Waals surface area contributed by atoms with E-state index in [-0.39, 0.29) is 5.41 Å². The number of methoxy groups -OCH3 is 1. The van der Waals surface area contributed by atoms with Crippen LogP contribution in [0.5, 0.6) is 5.75 Å². The zero-order valence-corrected chi connectivity index (χ0v) is 13.4. The summed E-state index contributed by atoms with van der Waals surface area (Å²) >= 11 is 0. The molecule has 1 aliphatic heterocycles. The quantitative estimate of drug-likeness (QED) is 0.941. The lowest BCUT2D eigenvalue weighted by atomic mass is 9.80. The highest BCUT2D eigenvalue weighted by molar-refractivity contribution is 5.78. The molecule has 0 atom stereocenters. The minimum Gasteiger partial charge on any atom is -0.497 e. The van der Waals surface area contributed by atoms with Crippen molar-refractivity contribution in [3.8, 4) is 5.75 Å². The molecule has 1 saturated heterocycles. The summed E-state index contributed by atoms with van der Waals surface area (Å²) in [4.78, 5) is 4.99. The van der Waals surface area contributed by atoms with Crippen LogP contribution in [0, 0.1) is 0 Å². The van der Waals surface area contributed by atoms with Crippen LogP contribution in [-0.2, 0) is 5.41 Å². The van der Waals surface area contributed by atoms with E-state index in [9.17, 15) is 0 Å². The number of piperidine rings is 1. The summed E-state index contributed by atoms with van der Waals surface area (Å²) in [6, 6.07) is 6.61. The van der Waals surface area contributed by atoms with Crippen LogP contribution >= 0.6 is 0 Å². The van der Waals surface area contributed by atoms with Crippen molar-refractivity contribution in [1.82, 2.24) is 14.9 Å².